The van der Waals surface area contributed by atoms with Gasteiger partial charge in [-0.3, -0.25) is 13.6 Å². The highest BCUT2D eigenvalue weighted by molar-refractivity contribution is 7.48. The van der Waals surface area contributed by atoms with E-state index in [0.717, 1.165) is 6.08 Å². The van der Waals surface area contributed by atoms with E-state index in [-0.39, 0.29) is 6.61 Å². The Kier molecular flexibility index (Phi) is 5.57. The number of carboxylic acids is 1. The fourth-order valence-corrected chi connectivity index (χ4v) is 1.09. The van der Waals surface area contributed by atoms with Crippen LogP contribution in [-0.4, -0.2) is 31.9 Å². The van der Waals surface area contributed by atoms with Crippen molar-refractivity contribution in [1.82, 2.24) is 0 Å². The lowest BCUT2D eigenvalue weighted by molar-refractivity contribution is -0.131. The molecule has 0 saturated heterocycles. The van der Waals surface area contributed by atoms with E-state index in [9.17, 15) is 9.36 Å². The summed E-state index contributed by atoms with van der Waals surface area (Å²) in [7, 11) is -1.14. The van der Waals surface area contributed by atoms with Crippen LogP contribution in [0, 0.1) is 0 Å². The molecule has 0 aliphatic rings. The fourth-order valence-electron chi connectivity index (χ4n) is 0.463. The van der Waals surface area contributed by atoms with E-state index >= 15 is 0 Å². The molecule has 0 aliphatic heterocycles. The van der Waals surface area contributed by atoms with Gasteiger partial charge in [0.15, 0.2) is 0 Å². The highest BCUT2D eigenvalue weighted by atomic mass is 31.2. The van der Waals surface area contributed by atoms with Crippen molar-refractivity contribution in [2.45, 2.75) is 0 Å². The summed E-state index contributed by atoms with van der Waals surface area (Å²) >= 11 is 0. The molecule has 0 fully saturated rings. The number of phosphoric ester groups is 1. The molecule has 13 heavy (non-hydrogen) atoms. The molecule has 0 aromatic heterocycles. The monoisotopic (exact) mass is 210 g/mol. The van der Waals surface area contributed by atoms with Gasteiger partial charge in [-0.2, -0.15) is 0 Å². The van der Waals surface area contributed by atoms with Crippen LogP contribution in [0.25, 0.3) is 0 Å². The number of rotatable bonds is 6. The number of phosphoric acid groups is 1. The van der Waals surface area contributed by atoms with Crippen molar-refractivity contribution in [3.63, 3.8) is 0 Å². The molecule has 0 aliphatic carbocycles. The summed E-state index contributed by atoms with van der Waals surface area (Å²) in [5.74, 6) is -1.10. The first-order valence-electron chi connectivity index (χ1n) is 3.29. The lowest BCUT2D eigenvalue weighted by atomic mass is 10.5. The van der Waals surface area contributed by atoms with Gasteiger partial charge >= 0.3 is 13.8 Å². The molecule has 0 rings (SSSR count). The molecule has 76 valence electrons. The molecule has 0 saturated carbocycles. The van der Waals surface area contributed by atoms with Crippen LogP contribution in [0.15, 0.2) is 12.2 Å². The van der Waals surface area contributed by atoms with E-state index in [2.05, 4.69) is 13.6 Å². The molecule has 0 amide bonds. The molecule has 0 atom stereocenters. The van der Waals surface area contributed by atoms with E-state index in [1.165, 1.54) is 20.3 Å². The second-order valence-corrected chi connectivity index (χ2v) is 3.73. The van der Waals surface area contributed by atoms with Crippen LogP contribution >= 0.6 is 7.82 Å². The lowest BCUT2D eigenvalue weighted by Gasteiger charge is -2.10. The normalized spacial score (nSPS) is 12.2. The average Bonchev–Trinajstić information content (AvgIpc) is 2.12. The molecule has 0 spiro atoms. The van der Waals surface area contributed by atoms with Crippen LogP contribution in [0.2, 0.25) is 0 Å². The largest absolute Gasteiger partial charge is 0.478 e. The Hall–Kier alpha value is -0.680. The van der Waals surface area contributed by atoms with Gasteiger partial charge in [0.25, 0.3) is 0 Å². The molecule has 0 bridgehead atoms. The maximum absolute atomic E-state index is 11.1. The first kappa shape index (κ1) is 12.3. The number of hydrogen-bond acceptors (Lipinski definition) is 5. The summed E-state index contributed by atoms with van der Waals surface area (Å²) in [5, 5.41) is 8.18. The SMILES string of the molecule is COP(=O)(OC)OCC=CC(=O)O. The van der Waals surface area contributed by atoms with E-state index in [4.69, 9.17) is 5.11 Å². The summed E-state index contributed by atoms with van der Waals surface area (Å²) in [6.07, 6.45) is 2.06. The highest BCUT2D eigenvalue weighted by Crippen LogP contribution is 2.47. The van der Waals surface area contributed by atoms with Gasteiger partial charge in [0.05, 0.1) is 6.61 Å². The second-order valence-electron chi connectivity index (χ2n) is 1.85. The van der Waals surface area contributed by atoms with E-state index in [1.807, 2.05) is 0 Å². The minimum absolute atomic E-state index is 0.148. The third kappa shape index (κ3) is 5.54. The minimum atomic E-state index is -3.49. The van der Waals surface area contributed by atoms with Gasteiger partial charge in [-0.25, -0.2) is 9.36 Å². The van der Waals surface area contributed by atoms with Crippen molar-refractivity contribution < 1.29 is 28.0 Å². The van der Waals surface area contributed by atoms with Gasteiger partial charge in [-0.1, -0.05) is 6.08 Å². The number of carbonyl (C=O) groups is 1. The van der Waals surface area contributed by atoms with Crippen molar-refractivity contribution in [3.8, 4) is 0 Å². The Morgan fingerprint density at radius 2 is 2.00 bits per heavy atom. The van der Waals surface area contributed by atoms with Crippen molar-refractivity contribution in [3.05, 3.63) is 12.2 Å². The Balaban J connectivity index is 3.87. The van der Waals surface area contributed by atoms with E-state index in [0.29, 0.717) is 0 Å². The van der Waals surface area contributed by atoms with Crippen molar-refractivity contribution >= 4 is 13.8 Å². The molecular formula is C6H11O6P. The summed E-state index contributed by atoms with van der Waals surface area (Å²) in [6, 6.07) is 0. The van der Waals surface area contributed by atoms with Crippen LogP contribution in [0.5, 0.6) is 0 Å². The van der Waals surface area contributed by atoms with Crippen LogP contribution < -0.4 is 0 Å². The van der Waals surface area contributed by atoms with Gasteiger partial charge in [0, 0.05) is 20.3 Å². The Morgan fingerprint density at radius 3 is 2.38 bits per heavy atom. The summed E-state index contributed by atoms with van der Waals surface area (Å²) in [6.45, 7) is -0.148. The zero-order valence-corrected chi connectivity index (χ0v) is 8.19. The summed E-state index contributed by atoms with van der Waals surface area (Å²) in [4.78, 5) is 9.99. The first-order chi connectivity index (χ1) is 6.04. The van der Waals surface area contributed by atoms with Crippen LogP contribution in [0.4, 0.5) is 0 Å². The third-order valence-electron chi connectivity index (χ3n) is 1.04. The van der Waals surface area contributed by atoms with Crippen LogP contribution in [0.3, 0.4) is 0 Å². The van der Waals surface area contributed by atoms with Crippen molar-refractivity contribution in [2.24, 2.45) is 0 Å². The number of carboxylic acid groups (broad SMARTS) is 1. The first-order valence-corrected chi connectivity index (χ1v) is 4.75. The molecule has 0 aromatic carbocycles. The average molecular weight is 210 g/mol. The predicted molar refractivity (Wildman–Crippen MR) is 44.4 cm³/mol. The number of aliphatic carboxylic acids is 1. The third-order valence-corrected chi connectivity index (χ3v) is 2.40. The van der Waals surface area contributed by atoms with E-state index < -0.39 is 13.8 Å². The molecular weight excluding hydrogens is 199 g/mol. The van der Waals surface area contributed by atoms with Gasteiger partial charge < -0.3 is 5.11 Å². The maximum Gasteiger partial charge on any atom is 0.474 e. The Morgan fingerprint density at radius 1 is 1.46 bits per heavy atom. The molecule has 0 radical (unpaired) electrons. The van der Waals surface area contributed by atoms with E-state index in [1.54, 1.807) is 0 Å². The summed E-state index contributed by atoms with van der Waals surface area (Å²) < 4.78 is 24.6. The smallest absolute Gasteiger partial charge is 0.474 e. The maximum atomic E-state index is 11.1. The Labute approximate surface area is 75.7 Å². The van der Waals surface area contributed by atoms with Gasteiger partial charge in [-0.05, 0) is 0 Å². The topological polar surface area (TPSA) is 82.1 Å². The quantitative estimate of drug-likeness (QED) is 0.521. The zero-order valence-electron chi connectivity index (χ0n) is 7.30. The Bertz CT molecular complexity index is 227. The fraction of sp³-hybridized carbons (Fsp3) is 0.500. The summed E-state index contributed by atoms with van der Waals surface area (Å²) in [5.41, 5.74) is 0. The minimum Gasteiger partial charge on any atom is -0.478 e. The zero-order chi connectivity index (χ0) is 10.3. The van der Waals surface area contributed by atoms with Crippen molar-refractivity contribution in [2.75, 3.05) is 20.8 Å². The molecule has 0 unspecified atom stereocenters. The molecule has 1 N–H and O–H groups in total. The van der Waals surface area contributed by atoms with Gasteiger partial charge in [-0.15, -0.1) is 0 Å². The highest BCUT2D eigenvalue weighted by Gasteiger charge is 2.21. The predicted octanol–water partition coefficient (Wildman–Crippen LogP) is 1.04. The molecule has 7 heteroatoms. The second kappa shape index (κ2) is 5.88. The molecule has 0 aromatic rings. The van der Waals surface area contributed by atoms with Gasteiger partial charge in [0.1, 0.15) is 0 Å². The standard InChI is InChI=1S/C6H11O6P/c1-10-13(9,11-2)12-5-3-4-6(7)8/h3-4H,5H2,1-2H3,(H,7,8). The molecule has 6 nitrogen and oxygen atoms in total. The van der Waals surface area contributed by atoms with Crippen molar-refractivity contribution in [1.29, 1.82) is 0 Å². The number of hydrogen-bond donors (Lipinski definition) is 1. The molecule has 0 heterocycles. The van der Waals surface area contributed by atoms with Crippen LogP contribution in [-0.2, 0) is 22.9 Å². The van der Waals surface area contributed by atoms with Crippen LogP contribution in [0.1, 0.15) is 0 Å². The van der Waals surface area contributed by atoms with Gasteiger partial charge in [0.2, 0.25) is 0 Å². The lowest BCUT2D eigenvalue weighted by Crippen LogP contribution is -1.95.